The van der Waals surface area contributed by atoms with E-state index in [0.717, 1.165) is 32.5 Å². The molecule has 0 bridgehead atoms. The van der Waals surface area contributed by atoms with E-state index in [1.165, 1.54) is 6.42 Å². The number of likely N-dealkylation sites (tertiary alicyclic amines) is 1. The van der Waals surface area contributed by atoms with Gasteiger partial charge in [-0.1, -0.05) is 0 Å². The predicted octanol–water partition coefficient (Wildman–Crippen LogP) is -0.0293. The van der Waals surface area contributed by atoms with Crippen molar-refractivity contribution < 1.29 is 4.79 Å². The molecule has 1 amide bonds. The van der Waals surface area contributed by atoms with Crippen LogP contribution in [0.4, 0.5) is 0 Å². The molecule has 2 aliphatic rings. The van der Waals surface area contributed by atoms with Gasteiger partial charge < -0.3 is 10.2 Å². The number of hydrogen-bond donors (Lipinski definition) is 1. The monoisotopic (exact) mass is 154 g/mol. The topological polar surface area (TPSA) is 42.2 Å². The molecule has 0 aliphatic carbocycles. The molecular formula is C8H14N2O. The molecule has 0 aromatic heterocycles. The molecule has 2 heterocycles. The summed E-state index contributed by atoms with van der Waals surface area (Å²) < 4.78 is 0. The van der Waals surface area contributed by atoms with Crippen molar-refractivity contribution in [1.82, 2.24) is 10.2 Å². The minimum atomic E-state index is 0.352. The van der Waals surface area contributed by atoms with E-state index in [9.17, 15) is 4.79 Å². The summed E-state index contributed by atoms with van der Waals surface area (Å²) in [5, 5.41) is 3.21. The second-order valence-corrected chi connectivity index (χ2v) is 3.40. The maximum Gasteiger partial charge on any atom is 0.222 e. The second kappa shape index (κ2) is 2.81. The van der Waals surface area contributed by atoms with Crippen LogP contribution in [0, 0.1) is 0 Å². The molecule has 0 spiro atoms. The Hall–Kier alpha value is -0.570. The van der Waals surface area contributed by atoms with E-state index in [4.69, 9.17) is 0 Å². The number of nitrogens with one attached hydrogen (secondary N) is 1. The lowest BCUT2D eigenvalue weighted by atomic mass is 10.1. The highest BCUT2D eigenvalue weighted by Gasteiger charge is 2.26. The van der Waals surface area contributed by atoms with E-state index in [1.54, 1.807) is 0 Å². The Bertz CT molecular complexity index is 165. The number of hydrogen-bond acceptors (Lipinski definition) is 2. The first-order valence-electron chi connectivity index (χ1n) is 4.37. The van der Waals surface area contributed by atoms with Crippen molar-refractivity contribution in [3.8, 4) is 0 Å². The summed E-state index contributed by atoms with van der Waals surface area (Å²) in [5.74, 6) is 0.352. The Labute approximate surface area is 66.8 Å². The smallest absolute Gasteiger partial charge is 0.222 e. The van der Waals surface area contributed by atoms with Gasteiger partial charge in [-0.2, -0.15) is 0 Å². The third-order valence-electron chi connectivity index (χ3n) is 2.35. The molecule has 1 unspecified atom stereocenters. The van der Waals surface area contributed by atoms with Crippen LogP contribution in [0.15, 0.2) is 0 Å². The maximum atomic E-state index is 11.3. The van der Waals surface area contributed by atoms with Gasteiger partial charge in [0.15, 0.2) is 0 Å². The molecule has 0 aromatic rings. The fourth-order valence-corrected chi connectivity index (χ4v) is 1.53. The van der Waals surface area contributed by atoms with Crippen molar-refractivity contribution in [2.45, 2.75) is 25.3 Å². The van der Waals surface area contributed by atoms with Gasteiger partial charge in [-0.05, 0) is 12.8 Å². The van der Waals surface area contributed by atoms with Gasteiger partial charge in [0, 0.05) is 32.1 Å². The molecule has 2 rings (SSSR count). The fourth-order valence-electron chi connectivity index (χ4n) is 1.53. The molecule has 3 nitrogen and oxygen atoms in total. The zero-order chi connectivity index (χ0) is 7.68. The second-order valence-electron chi connectivity index (χ2n) is 3.40. The molecule has 0 aromatic carbocycles. The Morgan fingerprint density at radius 3 is 3.00 bits per heavy atom. The van der Waals surface area contributed by atoms with Crippen LogP contribution < -0.4 is 5.32 Å². The van der Waals surface area contributed by atoms with Crippen LogP contribution >= 0.6 is 0 Å². The Morgan fingerprint density at radius 2 is 2.36 bits per heavy atom. The van der Waals surface area contributed by atoms with Crippen molar-refractivity contribution in [2.75, 3.05) is 19.6 Å². The van der Waals surface area contributed by atoms with Crippen LogP contribution in [0.2, 0.25) is 0 Å². The van der Waals surface area contributed by atoms with Crippen molar-refractivity contribution in [3.05, 3.63) is 0 Å². The molecule has 3 heteroatoms. The van der Waals surface area contributed by atoms with E-state index in [1.807, 2.05) is 4.90 Å². The molecular weight excluding hydrogens is 140 g/mol. The molecule has 0 radical (unpaired) electrons. The van der Waals surface area contributed by atoms with Crippen LogP contribution in [0.1, 0.15) is 19.3 Å². The average Bonchev–Trinajstić information content (AvgIpc) is 2.78. The molecule has 2 aliphatic heterocycles. The number of carbonyl (C=O) groups is 1. The third kappa shape index (κ3) is 1.71. The highest BCUT2D eigenvalue weighted by atomic mass is 16.2. The van der Waals surface area contributed by atoms with Crippen LogP contribution in [0.5, 0.6) is 0 Å². The summed E-state index contributed by atoms with van der Waals surface area (Å²) in [7, 11) is 0. The Kier molecular flexibility index (Phi) is 1.82. The highest BCUT2D eigenvalue weighted by Crippen LogP contribution is 2.12. The maximum absolute atomic E-state index is 11.3. The van der Waals surface area contributed by atoms with E-state index in [0.29, 0.717) is 11.9 Å². The zero-order valence-electron chi connectivity index (χ0n) is 6.68. The number of rotatable bonds is 2. The van der Waals surface area contributed by atoms with E-state index in [2.05, 4.69) is 5.32 Å². The minimum Gasteiger partial charge on any atom is -0.341 e. The number of piperidine rings is 1. The van der Waals surface area contributed by atoms with Gasteiger partial charge >= 0.3 is 0 Å². The lowest BCUT2D eigenvalue weighted by Gasteiger charge is -2.26. The third-order valence-corrected chi connectivity index (χ3v) is 2.35. The molecule has 0 saturated carbocycles. The Morgan fingerprint density at radius 1 is 1.55 bits per heavy atom. The molecule has 11 heavy (non-hydrogen) atoms. The van der Waals surface area contributed by atoms with Gasteiger partial charge in [-0.15, -0.1) is 0 Å². The van der Waals surface area contributed by atoms with E-state index < -0.39 is 0 Å². The van der Waals surface area contributed by atoms with E-state index >= 15 is 0 Å². The molecule has 1 N–H and O–H groups in total. The SMILES string of the molecule is O=C1CCCCN1CC1CN1. The predicted molar refractivity (Wildman–Crippen MR) is 42.2 cm³/mol. The van der Waals surface area contributed by atoms with E-state index in [-0.39, 0.29) is 0 Å². The number of carbonyl (C=O) groups excluding carboxylic acids is 1. The molecule has 62 valence electrons. The molecule has 1 atom stereocenters. The van der Waals surface area contributed by atoms with Gasteiger partial charge in [-0.3, -0.25) is 4.79 Å². The summed E-state index contributed by atoms with van der Waals surface area (Å²) >= 11 is 0. The number of nitrogens with zero attached hydrogens (tertiary/aromatic N) is 1. The lowest BCUT2D eigenvalue weighted by Crippen LogP contribution is -2.38. The fraction of sp³-hybridized carbons (Fsp3) is 0.875. The molecule has 2 fully saturated rings. The first-order chi connectivity index (χ1) is 5.36. The summed E-state index contributed by atoms with van der Waals surface area (Å²) in [5.41, 5.74) is 0. The van der Waals surface area contributed by atoms with Crippen LogP contribution in [-0.2, 0) is 4.79 Å². The average molecular weight is 154 g/mol. The van der Waals surface area contributed by atoms with Gasteiger partial charge in [0.2, 0.25) is 5.91 Å². The van der Waals surface area contributed by atoms with Gasteiger partial charge in [0.1, 0.15) is 0 Å². The van der Waals surface area contributed by atoms with Gasteiger partial charge in [0.25, 0.3) is 0 Å². The van der Waals surface area contributed by atoms with Crippen molar-refractivity contribution in [2.24, 2.45) is 0 Å². The molecule has 2 saturated heterocycles. The Balaban J connectivity index is 1.83. The largest absolute Gasteiger partial charge is 0.341 e. The first kappa shape index (κ1) is 7.10. The summed E-state index contributed by atoms with van der Waals surface area (Å²) in [4.78, 5) is 13.2. The number of amides is 1. The standard InChI is InChI=1S/C8H14N2O/c11-8-3-1-2-4-10(8)6-7-5-9-7/h7,9H,1-6H2. The minimum absolute atomic E-state index is 0.352. The summed E-state index contributed by atoms with van der Waals surface area (Å²) in [6.45, 7) is 3.03. The highest BCUT2D eigenvalue weighted by molar-refractivity contribution is 5.76. The van der Waals surface area contributed by atoms with Gasteiger partial charge in [-0.25, -0.2) is 0 Å². The quantitative estimate of drug-likeness (QED) is 0.567. The van der Waals surface area contributed by atoms with Crippen LogP contribution in [-0.4, -0.2) is 36.5 Å². The first-order valence-corrected chi connectivity index (χ1v) is 4.37. The van der Waals surface area contributed by atoms with Gasteiger partial charge in [0.05, 0.1) is 0 Å². The van der Waals surface area contributed by atoms with Crippen LogP contribution in [0.3, 0.4) is 0 Å². The lowest BCUT2D eigenvalue weighted by molar-refractivity contribution is -0.133. The normalized spacial score (nSPS) is 30.7. The van der Waals surface area contributed by atoms with Crippen LogP contribution in [0.25, 0.3) is 0 Å². The van der Waals surface area contributed by atoms with Crippen molar-refractivity contribution in [3.63, 3.8) is 0 Å². The zero-order valence-corrected chi connectivity index (χ0v) is 6.68. The van der Waals surface area contributed by atoms with Crippen molar-refractivity contribution >= 4 is 5.91 Å². The summed E-state index contributed by atoms with van der Waals surface area (Å²) in [6.07, 6.45) is 3.05. The van der Waals surface area contributed by atoms with Crippen molar-refractivity contribution in [1.29, 1.82) is 0 Å². The summed E-state index contributed by atoms with van der Waals surface area (Å²) in [6, 6.07) is 0.608.